The molecule has 0 fully saturated rings. The highest BCUT2D eigenvalue weighted by atomic mass is 32.2. The first kappa shape index (κ1) is 23.9. The molecule has 11 heteroatoms. The number of anilines is 1. The Morgan fingerprint density at radius 3 is 2.39 bits per heavy atom. The van der Waals surface area contributed by atoms with Gasteiger partial charge in [-0.1, -0.05) is 24.3 Å². The maximum absolute atomic E-state index is 13.6. The minimum absolute atomic E-state index is 0.0424. The van der Waals surface area contributed by atoms with Crippen LogP contribution >= 0.6 is 11.3 Å². The van der Waals surface area contributed by atoms with E-state index in [1.807, 2.05) is 30.3 Å². The number of rotatable bonds is 6. The van der Waals surface area contributed by atoms with Gasteiger partial charge in [-0.05, 0) is 47.8 Å². The van der Waals surface area contributed by atoms with Crippen LogP contribution in [0.1, 0.15) is 32.1 Å². The Morgan fingerprint density at radius 2 is 1.72 bits per heavy atom. The number of fused-ring (bicyclic) bond motifs is 1. The summed E-state index contributed by atoms with van der Waals surface area (Å²) in [6.45, 7) is 0.321. The molecule has 2 aromatic heterocycles. The molecule has 0 bridgehead atoms. The molecule has 1 aliphatic heterocycles. The maximum Gasteiger partial charge on any atom is 0.274 e. The Morgan fingerprint density at radius 1 is 0.972 bits per heavy atom. The summed E-state index contributed by atoms with van der Waals surface area (Å²) in [5.74, 6) is -0.646. The van der Waals surface area contributed by atoms with Gasteiger partial charge in [-0.15, -0.1) is 11.3 Å². The van der Waals surface area contributed by atoms with Crippen LogP contribution in [0.15, 0.2) is 76.3 Å². The van der Waals surface area contributed by atoms with Gasteiger partial charge in [0.05, 0.1) is 11.4 Å². The van der Waals surface area contributed by atoms with Crippen LogP contribution in [0.3, 0.4) is 0 Å². The van der Waals surface area contributed by atoms with E-state index in [9.17, 15) is 18.0 Å². The average molecular weight is 522 g/mol. The van der Waals surface area contributed by atoms with Crippen LogP contribution in [0.4, 0.5) is 5.69 Å². The second kappa shape index (κ2) is 9.69. The summed E-state index contributed by atoms with van der Waals surface area (Å²) >= 11 is 1.17. The lowest BCUT2D eigenvalue weighted by molar-refractivity contribution is 0.0962. The number of nitrogens with one attached hydrogen (secondary N) is 2. The van der Waals surface area contributed by atoms with Crippen molar-refractivity contribution >= 4 is 38.9 Å². The number of thiophene rings is 1. The molecule has 0 unspecified atom stereocenters. The van der Waals surface area contributed by atoms with Crippen molar-refractivity contribution in [2.75, 3.05) is 18.9 Å². The number of hydrogen-bond acceptors (Lipinski definition) is 6. The predicted molar refractivity (Wildman–Crippen MR) is 137 cm³/mol. The summed E-state index contributed by atoms with van der Waals surface area (Å²) in [5.41, 5.74) is 3.20. The first-order valence-corrected chi connectivity index (χ1v) is 13.5. The fourth-order valence-electron chi connectivity index (χ4n) is 4.12. The number of carbonyl (C=O) groups excluding carboxylic acids is 2. The predicted octanol–water partition coefficient (Wildman–Crippen LogP) is 3.29. The third-order valence-electron chi connectivity index (χ3n) is 5.94. The van der Waals surface area contributed by atoms with Crippen molar-refractivity contribution in [3.05, 3.63) is 94.6 Å². The molecule has 0 aliphatic carbocycles. The summed E-state index contributed by atoms with van der Waals surface area (Å²) in [7, 11) is -2.14. The van der Waals surface area contributed by atoms with Crippen LogP contribution < -0.4 is 10.6 Å². The van der Waals surface area contributed by atoms with Gasteiger partial charge in [0, 0.05) is 43.4 Å². The molecule has 2 aromatic carbocycles. The van der Waals surface area contributed by atoms with Crippen LogP contribution in [-0.2, 0) is 23.0 Å². The van der Waals surface area contributed by atoms with E-state index >= 15 is 0 Å². The Hall–Kier alpha value is -3.80. The van der Waals surface area contributed by atoms with E-state index in [2.05, 4.69) is 10.6 Å². The highest BCUT2D eigenvalue weighted by Crippen LogP contribution is 2.30. The molecule has 3 heterocycles. The molecule has 2 N–H and O–H groups in total. The molecule has 0 atom stereocenters. The Balaban J connectivity index is 1.52. The van der Waals surface area contributed by atoms with Crippen LogP contribution in [0.2, 0.25) is 0 Å². The van der Waals surface area contributed by atoms with Crippen molar-refractivity contribution in [3.8, 4) is 5.69 Å². The number of benzene rings is 2. The molecule has 4 aromatic rings. The fraction of sp³-hybridized carbons (Fsp3) is 0.160. The second-order valence-electron chi connectivity index (χ2n) is 8.15. The first-order valence-electron chi connectivity index (χ1n) is 11.2. The minimum atomic E-state index is -3.69. The summed E-state index contributed by atoms with van der Waals surface area (Å²) in [6.07, 6.45) is 0.390. The van der Waals surface area contributed by atoms with E-state index < -0.39 is 15.9 Å². The summed E-state index contributed by atoms with van der Waals surface area (Å²) in [6, 6.07) is 19.1. The largest absolute Gasteiger partial charge is 0.355 e. The molecule has 184 valence electrons. The molecule has 0 saturated heterocycles. The zero-order chi connectivity index (χ0) is 25.3. The number of amides is 2. The van der Waals surface area contributed by atoms with E-state index in [1.165, 1.54) is 15.6 Å². The number of para-hydroxylation sites is 1. The number of nitrogens with zero attached hydrogens (tertiary/aromatic N) is 3. The second-order valence-corrected chi connectivity index (χ2v) is 11.3. The molecular formula is C25H23N5O4S2. The smallest absolute Gasteiger partial charge is 0.274 e. The van der Waals surface area contributed by atoms with Crippen LogP contribution in [-0.4, -0.2) is 47.9 Å². The monoisotopic (exact) mass is 521 g/mol. The lowest BCUT2D eigenvalue weighted by atomic mass is 10.1. The summed E-state index contributed by atoms with van der Waals surface area (Å²) in [4.78, 5) is 25.4. The van der Waals surface area contributed by atoms with Gasteiger partial charge in [-0.2, -0.15) is 9.40 Å². The van der Waals surface area contributed by atoms with Crippen LogP contribution in [0, 0.1) is 0 Å². The van der Waals surface area contributed by atoms with Gasteiger partial charge in [0.15, 0.2) is 0 Å². The van der Waals surface area contributed by atoms with Gasteiger partial charge in [0.1, 0.15) is 9.90 Å². The molecule has 9 nitrogen and oxygen atoms in total. The van der Waals surface area contributed by atoms with E-state index in [-0.39, 0.29) is 28.9 Å². The molecular weight excluding hydrogens is 498 g/mol. The van der Waals surface area contributed by atoms with Crippen molar-refractivity contribution in [2.45, 2.75) is 17.2 Å². The molecule has 5 rings (SSSR count). The normalized spacial score (nSPS) is 13.7. The van der Waals surface area contributed by atoms with Crippen molar-refractivity contribution in [3.63, 3.8) is 0 Å². The van der Waals surface area contributed by atoms with Crippen molar-refractivity contribution in [1.29, 1.82) is 0 Å². The summed E-state index contributed by atoms with van der Waals surface area (Å²) < 4.78 is 29.6. The molecule has 2 amide bonds. The van der Waals surface area contributed by atoms with Crippen molar-refractivity contribution in [1.82, 2.24) is 19.4 Å². The van der Waals surface area contributed by atoms with Gasteiger partial charge >= 0.3 is 0 Å². The molecule has 0 saturated carbocycles. The number of aromatic nitrogens is 2. The molecule has 0 spiro atoms. The maximum atomic E-state index is 13.6. The zero-order valence-corrected chi connectivity index (χ0v) is 21.0. The van der Waals surface area contributed by atoms with Gasteiger partial charge in [-0.25, -0.2) is 13.1 Å². The lowest BCUT2D eigenvalue weighted by Gasteiger charge is -2.25. The number of hydrogen-bond donors (Lipinski definition) is 2. The van der Waals surface area contributed by atoms with Crippen molar-refractivity contribution in [2.24, 2.45) is 0 Å². The standard InChI is InChI=1S/C25H23N5O4S2/c1-26-24(31)17-9-11-18(12-10-17)27-25(32)23-20-16-29(36(33,34)22-8-5-15-35-22)14-13-21(20)28-30(23)19-6-3-2-4-7-19/h2-12,15H,13-14,16H2,1H3,(H,26,31)(H,27,32). The van der Waals surface area contributed by atoms with E-state index in [0.717, 1.165) is 0 Å². The Kier molecular flexibility index (Phi) is 6.44. The van der Waals surface area contributed by atoms with E-state index in [4.69, 9.17) is 5.10 Å². The van der Waals surface area contributed by atoms with Gasteiger partial charge in [0.2, 0.25) is 0 Å². The van der Waals surface area contributed by atoms with Crippen LogP contribution in [0.5, 0.6) is 0 Å². The SMILES string of the molecule is CNC(=O)c1ccc(NC(=O)c2c3c(nn2-c2ccccc2)CCN(S(=O)(=O)c2cccs2)C3)cc1. The highest BCUT2D eigenvalue weighted by Gasteiger charge is 2.34. The minimum Gasteiger partial charge on any atom is -0.355 e. The van der Waals surface area contributed by atoms with E-state index in [0.29, 0.717) is 34.6 Å². The lowest BCUT2D eigenvalue weighted by Crippen LogP contribution is -2.36. The molecule has 1 aliphatic rings. The third kappa shape index (κ3) is 4.43. The zero-order valence-electron chi connectivity index (χ0n) is 19.3. The highest BCUT2D eigenvalue weighted by molar-refractivity contribution is 7.91. The van der Waals surface area contributed by atoms with Gasteiger partial charge in [0.25, 0.3) is 21.8 Å². The third-order valence-corrected chi connectivity index (χ3v) is 9.15. The number of carbonyl (C=O) groups is 2. The quantitative estimate of drug-likeness (QED) is 0.404. The first-order chi connectivity index (χ1) is 17.4. The van der Waals surface area contributed by atoms with Crippen LogP contribution in [0.25, 0.3) is 5.69 Å². The van der Waals surface area contributed by atoms with Gasteiger partial charge in [-0.3, -0.25) is 9.59 Å². The van der Waals surface area contributed by atoms with Crippen molar-refractivity contribution < 1.29 is 18.0 Å². The Labute approximate surface area is 212 Å². The van der Waals surface area contributed by atoms with E-state index in [1.54, 1.807) is 53.5 Å². The fourth-order valence-corrected chi connectivity index (χ4v) is 6.67. The number of sulfonamides is 1. The molecule has 36 heavy (non-hydrogen) atoms. The summed E-state index contributed by atoms with van der Waals surface area (Å²) in [5, 5.41) is 11.9. The average Bonchev–Trinajstić information content (AvgIpc) is 3.58. The van der Waals surface area contributed by atoms with Gasteiger partial charge < -0.3 is 10.6 Å². The Bertz CT molecular complexity index is 1510. The topological polar surface area (TPSA) is 113 Å². The molecule has 0 radical (unpaired) electrons.